The highest BCUT2D eigenvalue weighted by atomic mass is 16.6. The monoisotopic (exact) mass is 537 g/mol. The smallest absolute Gasteiger partial charge is 0.295 e. The van der Waals surface area contributed by atoms with Crippen molar-refractivity contribution in [3.8, 4) is 23.0 Å². The van der Waals surface area contributed by atoms with Gasteiger partial charge in [0.05, 0.1) is 31.4 Å². The third-order valence-corrected chi connectivity index (χ3v) is 7.24. The molecule has 3 heterocycles. The molecule has 9 heteroatoms. The van der Waals surface area contributed by atoms with Gasteiger partial charge in [-0.05, 0) is 61.1 Å². The van der Waals surface area contributed by atoms with Crippen molar-refractivity contribution < 1.29 is 38.4 Å². The van der Waals surface area contributed by atoms with E-state index in [0.717, 1.165) is 19.3 Å². The largest absolute Gasteiger partial charge is 0.507 e. The first kappa shape index (κ1) is 26.9. The fraction of sp³-hybridized carbons (Fsp3) is 0.467. The highest BCUT2D eigenvalue weighted by molar-refractivity contribution is 6.46. The van der Waals surface area contributed by atoms with Crippen LogP contribution < -0.4 is 18.9 Å². The number of rotatable bonds is 9. The van der Waals surface area contributed by atoms with Crippen LogP contribution in [0.5, 0.6) is 23.0 Å². The molecule has 0 radical (unpaired) electrons. The van der Waals surface area contributed by atoms with Crippen molar-refractivity contribution in [3.63, 3.8) is 0 Å². The number of aliphatic hydroxyl groups excluding tert-OH is 1. The maximum atomic E-state index is 13.4. The lowest BCUT2D eigenvalue weighted by Crippen LogP contribution is -2.36. The van der Waals surface area contributed by atoms with Crippen LogP contribution in [0, 0.1) is 5.92 Å². The van der Waals surface area contributed by atoms with Gasteiger partial charge < -0.3 is 33.7 Å². The van der Waals surface area contributed by atoms with Crippen LogP contribution in [-0.4, -0.2) is 67.9 Å². The zero-order chi connectivity index (χ0) is 27.5. The molecule has 1 N–H and O–H groups in total. The number of carbonyl (C=O) groups is 2. The summed E-state index contributed by atoms with van der Waals surface area (Å²) in [5, 5.41) is 11.5. The summed E-state index contributed by atoms with van der Waals surface area (Å²) in [6.45, 7) is 6.47. The fourth-order valence-electron chi connectivity index (χ4n) is 5.15. The molecule has 2 fully saturated rings. The van der Waals surface area contributed by atoms with Crippen LogP contribution in [0.25, 0.3) is 5.76 Å². The normalized spacial score (nSPS) is 22.0. The highest BCUT2D eigenvalue weighted by Crippen LogP contribution is 2.43. The summed E-state index contributed by atoms with van der Waals surface area (Å²) in [6, 6.07) is 9.49. The zero-order valence-corrected chi connectivity index (χ0v) is 22.6. The maximum absolute atomic E-state index is 13.4. The molecule has 0 bridgehead atoms. The van der Waals surface area contributed by atoms with Crippen LogP contribution in [0.3, 0.4) is 0 Å². The minimum atomic E-state index is -0.832. The first-order chi connectivity index (χ1) is 18.9. The topological polar surface area (TPSA) is 104 Å². The van der Waals surface area contributed by atoms with E-state index in [9.17, 15) is 14.7 Å². The first-order valence-corrected chi connectivity index (χ1v) is 13.5. The van der Waals surface area contributed by atoms with Crippen LogP contribution in [0.1, 0.15) is 50.3 Å². The van der Waals surface area contributed by atoms with Crippen LogP contribution in [0.2, 0.25) is 0 Å². The van der Waals surface area contributed by atoms with Gasteiger partial charge in [-0.3, -0.25) is 9.59 Å². The van der Waals surface area contributed by atoms with Crippen molar-refractivity contribution in [3.05, 3.63) is 53.1 Å². The van der Waals surface area contributed by atoms with Crippen LogP contribution in [0.4, 0.5) is 0 Å². The second-order valence-corrected chi connectivity index (χ2v) is 10.4. The van der Waals surface area contributed by atoms with E-state index in [1.54, 1.807) is 37.4 Å². The maximum Gasteiger partial charge on any atom is 0.295 e. The van der Waals surface area contributed by atoms with Gasteiger partial charge in [0.15, 0.2) is 23.0 Å². The molecule has 0 spiro atoms. The molecule has 2 aromatic carbocycles. The zero-order valence-electron chi connectivity index (χ0n) is 22.6. The van der Waals surface area contributed by atoms with Gasteiger partial charge in [-0.2, -0.15) is 0 Å². The molecule has 1 amide bonds. The Kier molecular flexibility index (Phi) is 7.97. The van der Waals surface area contributed by atoms with Crippen molar-refractivity contribution in [1.29, 1.82) is 0 Å². The molecule has 2 saturated heterocycles. The van der Waals surface area contributed by atoms with Gasteiger partial charge in [-0.15, -0.1) is 0 Å². The number of hydrogen-bond acceptors (Lipinski definition) is 8. The first-order valence-electron chi connectivity index (χ1n) is 13.5. The third kappa shape index (κ3) is 5.54. The highest BCUT2D eigenvalue weighted by Gasteiger charge is 2.47. The van der Waals surface area contributed by atoms with Crippen molar-refractivity contribution >= 4 is 17.4 Å². The summed E-state index contributed by atoms with van der Waals surface area (Å²) in [6.07, 6.45) is 2.40. The van der Waals surface area contributed by atoms with E-state index in [1.165, 1.54) is 4.90 Å². The Labute approximate surface area is 228 Å². The minimum Gasteiger partial charge on any atom is -0.507 e. The fourth-order valence-corrected chi connectivity index (χ4v) is 5.15. The van der Waals surface area contributed by atoms with Crippen LogP contribution in [-0.2, 0) is 14.3 Å². The van der Waals surface area contributed by atoms with Crippen molar-refractivity contribution in [2.75, 3.05) is 40.1 Å². The molecule has 0 unspecified atom stereocenters. The quantitative estimate of drug-likeness (QED) is 0.284. The van der Waals surface area contributed by atoms with E-state index < -0.39 is 17.7 Å². The summed E-state index contributed by atoms with van der Waals surface area (Å²) in [7, 11) is 1.55. The molecule has 0 aromatic heterocycles. The van der Waals surface area contributed by atoms with Gasteiger partial charge >= 0.3 is 0 Å². The Balaban J connectivity index is 1.56. The van der Waals surface area contributed by atoms with E-state index in [1.807, 2.05) is 6.07 Å². The number of fused-ring (bicyclic) bond motifs is 1. The molecular formula is C30H35NO8. The predicted molar refractivity (Wildman–Crippen MR) is 143 cm³/mol. The van der Waals surface area contributed by atoms with E-state index in [-0.39, 0.29) is 24.0 Å². The third-order valence-electron chi connectivity index (χ3n) is 7.24. The second-order valence-electron chi connectivity index (χ2n) is 10.4. The van der Waals surface area contributed by atoms with E-state index in [0.29, 0.717) is 66.5 Å². The number of amides is 1. The Hall–Kier alpha value is -3.72. The van der Waals surface area contributed by atoms with Crippen LogP contribution in [0.15, 0.2) is 42.0 Å². The number of nitrogens with zero attached hydrogens (tertiary/aromatic N) is 1. The Morgan fingerprint density at radius 3 is 2.56 bits per heavy atom. The van der Waals surface area contributed by atoms with Crippen molar-refractivity contribution in [2.24, 2.45) is 5.92 Å². The number of ketones is 1. The number of ether oxygens (including phenoxy) is 5. The van der Waals surface area contributed by atoms with Gasteiger partial charge in [0.25, 0.3) is 11.7 Å². The molecule has 2 aromatic rings. The minimum absolute atomic E-state index is 0.00482. The van der Waals surface area contributed by atoms with Crippen molar-refractivity contribution in [2.45, 2.75) is 45.3 Å². The van der Waals surface area contributed by atoms with Crippen LogP contribution >= 0.6 is 0 Å². The molecule has 208 valence electrons. The summed E-state index contributed by atoms with van der Waals surface area (Å²) in [5.41, 5.74) is 0.990. The number of aliphatic hydroxyl groups is 1. The Morgan fingerprint density at radius 1 is 1.05 bits per heavy atom. The average molecular weight is 538 g/mol. The average Bonchev–Trinajstić information content (AvgIpc) is 3.55. The number of benzene rings is 2. The van der Waals surface area contributed by atoms with E-state index in [4.69, 9.17) is 23.7 Å². The summed E-state index contributed by atoms with van der Waals surface area (Å²) >= 11 is 0. The predicted octanol–water partition coefficient (Wildman–Crippen LogP) is 4.49. The lowest BCUT2D eigenvalue weighted by molar-refractivity contribution is -0.140. The number of likely N-dealkylation sites (tertiary alicyclic amines) is 1. The number of hydrogen-bond donors (Lipinski definition) is 1. The van der Waals surface area contributed by atoms with E-state index in [2.05, 4.69) is 13.8 Å². The summed E-state index contributed by atoms with van der Waals surface area (Å²) in [5.74, 6) is 0.885. The van der Waals surface area contributed by atoms with Gasteiger partial charge in [-0.25, -0.2) is 0 Å². The molecule has 0 aliphatic carbocycles. The van der Waals surface area contributed by atoms with Gasteiger partial charge in [0, 0.05) is 18.7 Å². The summed E-state index contributed by atoms with van der Waals surface area (Å²) in [4.78, 5) is 28.3. The number of Topliss-reactive ketones (excluding diaryl/α,β-unsaturated/α-hetero) is 1. The van der Waals surface area contributed by atoms with E-state index >= 15 is 0 Å². The molecule has 39 heavy (non-hydrogen) atoms. The molecule has 9 nitrogen and oxygen atoms in total. The Bertz CT molecular complexity index is 1260. The molecule has 0 saturated carbocycles. The standard InChI is InChI=1S/C30H35NO8/c1-18(2)10-12-37-22-8-6-19(15-24(22)35-3)27-26(29(33)30(34)31(27)17-21-5-4-11-36-21)28(32)20-7-9-23-25(16-20)39-14-13-38-23/h6-9,15-16,18,21,27,32H,4-5,10-14,17H2,1-3H3/t21-,27+/m0/s1. The molecular weight excluding hydrogens is 502 g/mol. The molecule has 5 rings (SSSR count). The number of carbonyl (C=O) groups excluding carboxylic acids is 2. The lowest BCUT2D eigenvalue weighted by atomic mass is 9.94. The number of methoxy groups -OCH3 is 1. The molecule has 3 aliphatic heterocycles. The van der Waals surface area contributed by atoms with Gasteiger partial charge in [0.1, 0.15) is 19.0 Å². The van der Waals surface area contributed by atoms with Crippen molar-refractivity contribution in [1.82, 2.24) is 4.90 Å². The summed E-state index contributed by atoms with van der Waals surface area (Å²) < 4.78 is 28.6. The van der Waals surface area contributed by atoms with Gasteiger partial charge in [0.2, 0.25) is 0 Å². The Morgan fingerprint density at radius 2 is 1.85 bits per heavy atom. The second kappa shape index (κ2) is 11.6. The SMILES string of the molecule is COc1cc([C@@H]2C(=C(O)c3ccc4c(c3)OCCO4)C(=O)C(=O)N2C[C@@H]2CCCO2)ccc1OCCC(C)C. The lowest BCUT2D eigenvalue weighted by Gasteiger charge is -2.28. The molecule has 3 aliphatic rings. The van der Waals surface area contributed by atoms with Gasteiger partial charge in [-0.1, -0.05) is 19.9 Å². The molecule has 2 atom stereocenters.